The molecular weight excluding hydrogens is 683 g/mol. The molecule has 11 heteroatoms. The van der Waals surface area contributed by atoms with E-state index >= 15 is 0 Å². The SMILES string of the molecule is CC/C=C\C/C=C\C/C=C\C/C=C\CCCCC(=O)O[C@H](COC(=O)CCC[C@@H](O)/C=C/C=C\C/C=C\C=C\[C@@H](O)CCCCC)COP(=O)(O)O. The van der Waals surface area contributed by atoms with E-state index in [1.165, 1.54) is 0 Å². The third-order valence-electron chi connectivity index (χ3n) is 7.29. The van der Waals surface area contributed by atoms with Crippen LogP contribution in [0.5, 0.6) is 0 Å². The van der Waals surface area contributed by atoms with Gasteiger partial charge in [-0.25, -0.2) is 4.57 Å². The number of hydrogen-bond acceptors (Lipinski definition) is 8. The molecule has 0 aromatic heterocycles. The fourth-order valence-corrected chi connectivity index (χ4v) is 4.82. The average Bonchev–Trinajstić information content (AvgIpc) is 3.10. The molecule has 0 amide bonds. The van der Waals surface area contributed by atoms with Gasteiger partial charge in [0.1, 0.15) is 6.61 Å². The zero-order valence-corrected chi connectivity index (χ0v) is 32.3. The van der Waals surface area contributed by atoms with Crippen LogP contribution in [0.3, 0.4) is 0 Å². The molecule has 294 valence electrons. The van der Waals surface area contributed by atoms with Crippen molar-refractivity contribution < 1.29 is 48.2 Å². The van der Waals surface area contributed by atoms with Gasteiger partial charge in [-0.05, 0) is 70.6 Å². The standard InChI is InChI=1S/C41H65O10P/c1-3-5-7-8-9-10-11-12-13-14-15-16-20-23-27-33-41(45)51-39(36-50-52(46,47)48)35-49-40(44)34-28-32-38(43)31-26-22-19-17-18-21-25-30-37(42)29-24-6-4-2/h5,7,9-10,12-13,15-16,18-19,21-22,25-26,30-31,37-39,42-43H,3-4,6,8,11,14,17,20,23-24,27-29,32-36H2,1-2H3,(H2,46,47,48)/b7-5-,10-9-,13-12-,16-15-,21-18-,22-19-,30-25+,31-26+/t37-,38-,39+/m0/s1. The predicted octanol–water partition coefficient (Wildman–Crippen LogP) is 9.00. The number of phosphoric acid groups is 1. The Labute approximate surface area is 312 Å². The lowest BCUT2D eigenvalue weighted by atomic mass is 10.1. The Balaban J connectivity index is 4.32. The first-order chi connectivity index (χ1) is 25.1. The number of carbonyl (C=O) groups is 2. The average molecular weight is 749 g/mol. The normalized spacial score (nSPS) is 14.8. The number of hydrogen-bond donors (Lipinski definition) is 4. The van der Waals surface area contributed by atoms with E-state index in [0.717, 1.165) is 64.2 Å². The number of esters is 2. The van der Waals surface area contributed by atoms with E-state index in [1.54, 1.807) is 18.2 Å². The van der Waals surface area contributed by atoms with Gasteiger partial charge in [0.2, 0.25) is 0 Å². The molecular formula is C41H65O10P. The maximum atomic E-state index is 12.3. The molecule has 0 heterocycles. The molecule has 0 fully saturated rings. The number of aliphatic hydroxyl groups is 2. The molecule has 0 unspecified atom stereocenters. The quantitative estimate of drug-likeness (QED) is 0.0172. The second kappa shape index (κ2) is 34.9. The van der Waals surface area contributed by atoms with Crippen molar-refractivity contribution in [2.75, 3.05) is 13.2 Å². The summed E-state index contributed by atoms with van der Waals surface area (Å²) in [6.07, 6.45) is 40.6. The van der Waals surface area contributed by atoms with Crippen LogP contribution in [-0.4, -0.2) is 63.5 Å². The molecule has 3 atom stereocenters. The molecule has 0 saturated heterocycles. The highest BCUT2D eigenvalue weighted by Crippen LogP contribution is 2.35. The van der Waals surface area contributed by atoms with Crippen molar-refractivity contribution in [3.63, 3.8) is 0 Å². The molecule has 0 saturated carbocycles. The van der Waals surface area contributed by atoms with Crippen molar-refractivity contribution in [3.05, 3.63) is 97.2 Å². The summed E-state index contributed by atoms with van der Waals surface area (Å²) in [7, 11) is -4.82. The summed E-state index contributed by atoms with van der Waals surface area (Å²) in [4.78, 5) is 42.7. The Morgan fingerprint density at radius 1 is 0.615 bits per heavy atom. The molecule has 0 aliphatic carbocycles. The molecule has 0 aromatic rings. The molecule has 10 nitrogen and oxygen atoms in total. The first-order valence-corrected chi connectivity index (χ1v) is 20.3. The van der Waals surface area contributed by atoms with E-state index in [9.17, 15) is 24.4 Å². The lowest BCUT2D eigenvalue weighted by Gasteiger charge is -2.18. The lowest BCUT2D eigenvalue weighted by Crippen LogP contribution is -2.29. The summed E-state index contributed by atoms with van der Waals surface area (Å²) < 4.78 is 26.1. The van der Waals surface area contributed by atoms with E-state index in [1.807, 2.05) is 30.4 Å². The Kier molecular flexibility index (Phi) is 32.9. The van der Waals surface area contributed by atoms with E-state index < -0.39 is 51.3 Å². The molecule has 0 bridgehead atoms. The van der Waals surface area contributed by atoms with Gasteiger partial charge in [0.05, 0.1) is 18.8 Å². The van der Waals surface area contributed by atoms with E-state index in [2.05, 4.69) is 67.0 Å². The van der Waals surface area contributed by atoms with E-state index in [-0.39, 0.29) is 12.8 Å². The fourth-order valence-electron chi connectivity index (χ4n) is 4.46. The minimum Gasteiger partial charge on any atom is -0.462 e. The van der Waals surface area contributed by atoms with Crippen molar-refractivity contribution >= 4 is 19.8 Å². The van der Waals surface area contributed by atoms with Gasteiger partial charge in [-0.3, -0.25) is 14.1 Å². The maximum absolute atomic E-state index is 12.3. The van der Waals surface area contributed by atoms with Crippen molar-refractivity contribution in [1.29, 1.82) is 0 Å². The summed E-state index contributed by atoms with van der Waals surface area (Å²) in [5.41, 5.74) is 0. The third kappa shape index (κ3) is 36.7. The fraction of sp³-hybridized carbons (Fsp3) is 0.561. The van der Waals surface area contributed by atoms with Crippen LogP contribution >= 0.6 is 7.82 Å². The van der Waals surface area contributed by atoms with Crippen LogP contribution in [-0.2, 0) is 28.2 Å². The van der Waals surface area contributed by atoms with Crippen LogP contribution in [0.15, 0.2) is 97.2 Å². The Morgan fingerprint density at radius 3 is 1.73 bits per heavy atom. The number of rotatable bonds is 32. The third-order valence-corrected chi connectivity index (χ3v) is 7.78. The monoisotopic (exact) mass is 748 g/mol. The van der Waals surface area contributed by atoms with Crippen molar-refractivity contribution in [2.45, 2.75) is 135 Å². The summed E-state index contributed by atoms with van der Waals surface area (Å²) >= 11 is 0. The molecule has 0 aliphatic rings. The number of phosphoric ester groups is 1. The van der Waals surface area contributed by atoms with Crippen LogP contribution in [0.1, 0.15) is 117 Å². The minimum absolute atomic E-state index is 0.00364. The highest BCUT2D eigenvalue weighted by atomic mass is 31.2. The maximum Gasteiger partial charge on any atom is 0.469 e. The summed E-state index contributed by atoms with van der Waals surface area (Å²) in [5, 5.41) is 20.0. The lowest BCUT2D eigenvalue weighted by molar-refractivity contribution is -0.161. The number of aliphatic hydroxyl groups excluding tert-OH is 2. The number of carbonyl (C=O) groups excluding carboxylic acids is 2. The molecule has 0 rings (SSSR count). The number of unbranched alkanes of at least 4 members (excludes halogenated alkanes) is 4. The highest BCUT2D eigenvalue weighted by molar-refractivity contribution is 7.46. The first-order valence-electron chi connectivity index (χ1n) is 18.7. The van der Waals surface area contributed by atoms with Crippen LogP contribution in [0.4, 0.5) is 0 Å². The van der Waals surface area contributed by atoms with Gasteiger partial charge >= 0.3 is 19.8 Å². The van der Waals surface area contributed by atoms with Crippen LogP contribution in [0.25, 0.3) is 0 Å². The minimum atomic E-state index is -4.82. The topological polar surface area (TPSA) is 160 Å². The molecule has 0 aliphatic heterocycles. The smallest absolute Gasteiger partial charge is 0.462 e. The van der Waals surface area contributed by atoms with Crippen LogP contribution in [0.2, 0.25) is 0 Å². The van der Waals surface area contributed by atoms with Gasteiger partial charge in [0.15, 0.2) is 6.10 Å². The Morgan fingerprint density at radius 2 is 1.15 bits per heavy atom. The van der Waals surface area contributed by atoms with Crippen molar-refractivity contribution in [1.82, 2.24) is 0 Å². The summed E-state index contributed by atoms with van der Waals surface area (Å²) in [6, 6.07) is 0. The van der Waals surface area contributed by atoms with Crippen molar-refractivity contribution in [2.24, 2.45) is 0 Å². The van der Waals surface area contributed by atoms with Gasteiger partial charge in [-0.15, -0.1) is 0 Å². The van der Waals surface area contributed by atoms with Crippen LogP contribution < -0.4 is 0 Å². The van der Waals surface area contributed by atoms with Crippen molar-refractivity contribution in [3.8, 4) is 0 Å². The van der Waals surface area contributed by atoms with Gasteiger partial charge in [0, 0.05) is 12.8 Å². The predicted molar refractivity (Wildman–Crippen MR) is 209 cm³/mol. The zero-order chi connectivity index (χ0) is 38.5. The summed E-state index contributed by atoms with van der Waals surface area (Å²) in [6.45, 7) is 3.21. The largest absolute Gasteiger partial charge is 0.469 e. The number of allylic oxidation sites excluding steroid dienone is 14. The molecule has 0 spiro atoms. The molecule has 0 aromatic carbocycles. The zero-order valence-electron chi connectivity index (χ0n) is 31.4. The van der Waals surface area contributed by atoms with Gasteiger partial charge < -0.3 is 29.5 Å². The summed E-state index contributed by atoms with van der Waals surface area (Å²) in [5.74, 6) is -1.18. The highest BCUT2D eigenvalue weighted by Gasteiger charge is 2.23. The first kappa shape index (κ1) is 48.9. The molecule has 52 heavy (non-hydrogen) atoms. The van der Waals surface area contributed by atoms with Crippen LogP contribution in [0, 0.1) is 0 Å². The van der Waals surface area contributed by atoms with E-state index in [0.29, 0.717) is 25.7 Å². The van der Waals surface area contributed by atoms with Gasteiger partial charge in [-0.1, -0.05) is 130 Å². The second-order valence-corrected chi connectivity index (χ2v) is 13.5. The van der Waals surface area contributed by atoms with Gasteiger partial charge in [-0.2, -0.15) is 0 Å². The number of ether oxygens (including phenoxy) is 2. The molecule has 4 N–H and O–H groups in total. The second-order valence-electron chi connectivity index (χ2n) is 12.2. The van der Waals surface area contributed by atoms with Gasteiger partial charge in [0.25, 0.3) is 0 Å². The Bertz CT molecular complexity index is 1190. The Hall–Kier alpha value is -3.11. The van der Waals surface area contributed by atoms with E-state index in [4.69, 9.17) is 19.3 Å². The molecule has 0 radical (unpaired) electrons.